The quantitative estimate of drug-likeness (QED) is 0.700. The minimum absolute atomic E-state index is 0.0568. The minimum atomic E-state index is -0.960. The molecule has 7 heteroatoms. The molecule has 1 saturated heterocycles. The predicted octanol–water partition coefficient (Wildman–Crippen LogP) is -0.991. The van der Waals surface area contributed by atoms with Crippen molar-refractivity contribution in [1.29, 1.82) is 0 Å². The van der Waals surface area contributed by atoms with Gasteiger partial charge in [-0.2, -0.15) is 0 Å². The van der Waals surface area contributed by atoms with E-state index in [0.29, 0.717) is 38.2 Å². The Labute approximate surface area is 129 Å². The largest absolute Gasteiger partial charge is 0.550 e. The number of pyridine rings is 1. The molecule has 0 aromatic carbocycles. The third-order valence-corrected chi connectivity index (χ3v) is 3.86. The molecule has 0 bridgehead atoms. The van der Waals surface area contributed by atoms with E-state index in [1.165, 1.54) is 0 Å². The molecule has 7 nitrogen and oxygen atoms in total. The van der Waals surface area contributed by atoms with Gasteiger partial charge in [-0.25, -0.2) is 4.98 Å². The van der Waals surface area contributed by atoms with E-state index in [0.717, 1.165) is 18.7 Å². The number of nitrogens with one attached hydrogen (secondary N) is 1. The van der Waals surface area contributed by atoms with Crippen LogP contribution in [-0.4, -0.2) is 36.5 Å². The summed E-state index contributed by atoms with van der Waals surface area (Å²) in [5.74, 6) is -0.838. The number of amides is 1. The van der Waals surface area contributed by atoms with Gasteiger partial charge in [0.1, 0.15) is 5.82 Å². The van der Waals surface area contributed by atoms with Crippen LogP contribution in [0, 0.1) is 5.92 Å². The molecular formula is C15H22N4O3. The topological polar surface area (TPSA) is 113 Å². The number of hydrogen-bond acceptors (Lipinski definition) is 5. The molecule has 22 heavy (non-hydrogen) atoms. The number of anilines is 2. The number of hydrogen-bond donors (Lipinski definition) is 2. The van der Waals surface area contributed by atoms with Gasteiger partial charge < -0.3 is 25.9 Å². The van der Waals surface area contributed by atoms with Crippen LogP contribution in [0.5, 0.6) is 0 Å². The number of carboxylic acid groups (broad SMARTS) is 1. The second kappa shape index (κ2) is 7.74. The number of carbonyl (C=O) groups excluding carboxylic acids is 2. The van der Waals surface area contributed by atoms with E-state index in [-0.39, 0.29) is 11.8 Å². The van der Waals surface area contributed by atoms with Crippen molar-refractivity contribution >= 4 is 23.4 Å². The molecule has 2 heterocycles. The zero-order valence-corrected chi connectivity index (χ0v) is 12.6. The second-order valence-electron chi connectivity index (χ2n) is 5.49. The molecule has 1 aliphatic heterocycles. The summed E-state index contributed by atoms with van der Waals surface area (Å²) < 4.78 is 0. The Morgan fingerprint density at radius 3 is 2.64 bits per heavy atom. The summed E-state index contributed by atoms with van der Waals surface area (Å²) in [6.07, 6.45) is 4.09. The molecule has 1 aromatic rings. The van der Waals surface area contributed by atoms with Crippen LogP contribution in [0.15, 0.2) is 18.3 Å². The number of quaternary nitrogens is 1. The lowest BCUT2D eigenvalue weighted by Crippen LogP contribution is -2.50. The zero-order valence-electron chi connectivity index (χ0n) is 12.6. The van der Waals surface area contributed by atoms with E-state index < -0.39 is 5.97 Å². The van der Waals surface area contributed by atoms with E-state index in [1.807, 2.05) is 6.07 Å². The third kappa shape index (κ3) is 4.42. The van der Waals surface area contributed by atoms with E-state index in [4.69, 9.17) is 0 Å². The number of rotatable bonds is 6. The monoisotopic (exact) mass is 306 g/mol. The summed E-state index contributed by atoms with van der Waals surface area (Å²) >= 11 is 0. The van der Waals surface area contributed by atoms with Gasteiger partial charge >= 0.3 is 0 Å². The van der Waals surface area contributed by atoms with Crippen molar-refractivity contribution in [2.45, 2.75) is 25.7 Å². The van der Waals surface area contributed by atoms with Crippen LogP contribution >= 0.6 is 0 Å². The number of nitrogens with zero attached hydrogens (tertiary/aromatic N) is 2. The average molecular weight is 306 g/mol. The highest BCUT2D eigenvalue weighted by Crippen LogP contribution is 2.23. The van der Waals surface area contributed by atoms with Crippen molar-refractivity contribution in [2.75, 3.05) is 29.9 Å². The number of aromatic nitrogens is 1. The molecule has 0 unspecified atom stereocenters. The Kier molecular flexibility index (Phi) is 5.71. The van der Waals surface area contributed by atoms with Gasteiger partial charge in [-0.1, -0.05) is 0 Å². The average Bonchev–Trinajstić information content (AvgIpc) is 2.54. The van der Waals surface area contributed by atoms with Crippen molar-refractivity contribution in [1.82, 2.24) is 4.98 Å². The summed E-state index contributed by atoms with van der Waals surface area (Å²) in [6, 6.07) is 3.66. The predicted molar refractivity (Wildman–Crippen MR) is 79.8 cm³/mol. The molecule has 0 atom stereocenters. The third-order valence-electron chi connectivity index (χ3n) is 3.86. The molecule has 4 N–H and O–H groups in total. The maximum atomic E-state index is 11.6. The minimum Gasteiger partial charge on any atom is -0.550 e. The summed E-state index contributed by atoms with van der Waals surface area (Å²) in [7, 11) is 0. The van der Waals surface area contributed by atoms with Crippen molar-refractivity contribution in [3.63, 3.8) is 0 Å². The van der Waals surface area contributed by atoms with Gasteiger partial charge in [-0.3, -0.25) is 4.79 Å². The van der Waals surface area contributed by atoms with Gasteiger partial charge in [0, 0.05) is 37.8 Å². The lowest BCUT2D eigenvalue weighted by Gasteiger charge is -2.33. The molecule has 0 radical (unpaired) electrons. The van der Waals surface area contributed by atoms with Crippen LogP contribution in [0.4, 0.5) is 11.5 Å². The molecule has 0 saturated carbocycles. The van der Waals surface area contributed by atoms with Gasteiger partial charge in [0.25, 0.3) is 0 Å². The van der Waals surface area contributed by atoms with Crippen molar-refractivity contribution in [3.8, 4) is 0 Å². The second-order valence-corrected chi connectivity index (χ2v) is 5.49. The van der Waals surface area contributed by atoms with Crippen LogP contribution in [0.3, 0.4) is 0 Å². The molecule has 1 aromatic heterocycles. The molecule has 2 rings (SSSR count). The van der Waals surface area contributed by atoms with Crippen LogP contribution < -0.4 is 21.1 Å². The number of aliphatic carboxylic acids is 1. The SMILES string of the molecule is [NH3+]CCCC(=O)Nc1ccc(N2CCC(C(=O)[O-])CC2)cn1. The molecule has 1 fully saturated rings. The Hall–Kier alpha value is -2.15. The number of carboxylic acids is 1. The molecule has 1 amide bonds. The highest BCUT2D eigenvalue weighted by molar-refractivity contribution is 5.89. The van der Waals surface area contributed by atoms with E-state index >= 15 is 0 Å². The Morgan fingerprint density at radius 2 is 2.09 bits per heavy atom. The van der Waals surface area contributed by atoms with Gasteiger partial charge in [0.15, 0.2) is 0 Å². The van der Waals surface area contributed by atoms with Gasteiger partial charge in [-0.15, -0.1) is 0 Å². The normalized spacial score (nSPS) is 15.6. The Balaban J connectivity index is 1.87. The van der Waals surface area contributed by atoms with Crippen LogP contribution in [-0.2, 0) is 9.59 Å². The Bertz CT molecular complexity index is 510. The van der Waals surface area contributed by atoms with Crippen LogP contribution in [0.25, 0.3) is 0 Å². The van der Waals surface area contributed by atoms with E-state index in [2.05, 4.69) is 20.9 Å². The first-order valence-electron chi connectivity index (χ1n) is 7.61. The first-order chi connectivity index (χ1) is 10.6. The van der Waals surface area contributed by atoms with E-state index in [1.54, 1.807) is 12.3 Å². The van der Waals surface area contributed by atoms with Gasteiger partial charge in [0.05, 0.1) is 18.4 Å². The fraction of sp³-hybridized carbons (Fsp3) is 0.533. The summed E-state index contributed by atoms with van der Waals surface area (Å²) in [5, 5.41) is 13.6. The van der Waals surface area contributed by atoms with Crippen molar-refractivity contribution in [2.24, 2.45) is 5.92 Å². The van der Waals surface area contributed by atoms with E-state index in [9.17, 15) is 14.7 Å². The smallest absolute Gasteiger partial charge is 0.225 e. The summed E-state index contributed by atoms with van der Waals surface area (Å²) in [6.45, 7) is 2.09. The first kappa shape index (κ1) is 16.2. The fourth-order valence-corrected chi connectivity index (χ4v) is 2.51. The number of piperidine rings is 1. The molecule has 0 spiro atoms. The highest BCUT2D eigenvalue weighted by atomic mass is 16.4. The highest BCUT2D eigenvalue weighted by Gasteiger charge is 2.20. The lowest BCUT2D eigenvalue weighted by atomic mass is 9.97. The van der Waals surface area contributed by atoms with Crippen molar-refractivity contribution < 1.29 is 20.4 Å². The standard InChI is InChI=1S/C15H22N4O3/c16-7-1-2-14(20)18-13-4-3-12(10-17-13)19-8-5-11(6-9-19)15(21)22/h3-4,10-11H,1-2,5-9,16H2,(H,21,22)(H,17,18,20). The lowest BCUT2D eigenvalue weighted by molar-refractivity contribution is -0.368. The van der Waals surface area contributed by atoms with Crippen LogP contribution in [0.2, 0.25) is 0 Å². The molecule has 0 aliphatic carbocycles. The summed E-state index contributed by atoms with van der Waals surface area (Å²) in [4.78, 5) is 28.8. The van der Waals surface area contributed by atoms with Gasteiger partial charge in [0.2, 0.25) is 5.91 Å². The Morgan fingerprint density at radius 1 is 1.36 bits per heavy atom. The fourth-order valence-electron chi connectivity index (χ4n) is 2.51. The zero-order chi connectivity index (χ0) is 15.9. The molecule has 1 aliphatic rings. The molecular weight excluding hydrogens is 284 g/mol. The maximum absolute atomic E-state index is 11.6. The maximum Gasteiger partial charge on any atom is 0.225 e. The van der Waals surface area contributed by atoms with Crippen LogP contribution in [0.1, 0.15) is 25.7 Å². The molecule has 120 valence electrons. The first-order valence-corrected chi connectivity index (χ1v) is 7.61. The van der Waals surface area contributed by atoms with Gasteiger partial charge in [-0.05, 0) is 25.0 Å². The number of carbonyl (C=O) groups is 2. The van der Waals surface area contributed by atoms with Crippen molar-refractivity contribution in [3.05, 3.63) is 18.3 Å². The summed E-state index contributed by atoms with van der Waals surface area (Å²) in [5.41, 5.74) is 4.64.